The lowest BCUT2D eigenvalue weighted by Gasteiger charge is -2.18. The molecule has 0 aliphatic carbocycles. The summed E-state index contributed by atoms with van der Waals surface area (Å²) < 4.78 is 0. The van der Waals surface area contributed by atoms with Crippen LogP contribution in [0.3, 0.4) is 0 Å². The lowest BCUT2D eigenvalue weighted by Crippen LogP contribution is -1.92. The standard InChI is InChI=1S/C18H9Cl5/c19-12-9-5-4-8-11(12)14-13(10-6-2-1-3-7-10)15(20)17(22)18(23)16(14)21/h1-9H. The van der Waals surface area contributed by atoms with Crippen LogP contribution in [0.25, 0.3) is 22.3 Å². The highest BCUT2D eigenvalue weighted by atomic mass is 35.5. The maximum Gasteiger partial charge on any atom is 0.0800 e. The Morgan fingerprint density at radius 1 is 0.478 bits per heavy atom. The van der Waals surface area contributed by atoms with Gasteiger partial charge in [-0.15, -0.1) is 0 Å². The Hall–Kier alpha value is -0.890. The topological polar surface area (TPSA) is 0 Å². The van der Waals surface area contributed by atoms with Gasteiger partial charge in [0.25, 0.3) is 0 Å². The van der Waals surface area contributed by atoms with E-state index in [-0.39, 0.29) is 10.0 Å². The highest BCUT2D eigenvalue weighted by Gasteiger charge is 2.23. The fourth-order valence-corrected chi connectivity index (χ4v) is 3.72. The summed E-state index contributed by atoms with van der Waals surface area (Å²) in [5.41, 5.74) is 3.01. The molecule has 0 heterocycles. The Bertz CT molecular complexity index is 872. The third-order valence-electron chi connectivity index (χ3n) is 3.47. The van der Waals surface area contributed by atoms with E-state index in [0.717, 1.165) is 11.1 Å². The van der Waals surface area contributed by atoms with Crippen molar-refractivity contribution in [3.63, 3.8) is 0 Å². The van der Waals surface area contributed by atoms with Gasteiger partial charge in [0.1, 0.15) is 0 Å². The lowest BCUT2D eigenvalue weighted by molar-refractivity contribution is 1.58. The second kappa shape index (κ2) is 6.93. The molecule has 3 aromatic rings. The third-order valence-corrected chi connectivity index (χ3v) is 5.60. The van der Waals surface area contributed by atoms with Crippen LogP contribution in [0.1, 0.15) is 0 Å². The zero-order valence-corrected chi connectivity index (χ0v) is 15.4. The van der Waals surface area contributed by atoms with Gasteiger partial charge in [-0.1, -0.05) is 107 Å². The molecule has 116 valence electrons. The maximum atomic E-state index is 6.50. The van der Waals surface area contributed by atoms with E-state index in [1.807, 2.05) is 48.5 Å². The van der Waals surface area contributed by atoms with Gasteiger partial charge >= 0.3 is 0 Å². The minimum atomic E-state index is 0.216. The van der Waals surface area contributed by atoms with Crippen LogP contribution in [0, 0.1) is 0 Å². The zero-order valence-electron chi connectivity index (χ0n) is 11.6. The Morgan fingerprint density at radius 3 is 1.61 bits per heavy atom. The van der Waals surface area contributed by atoms with Crippen LogP contribution in [-0.2, 0) is 0 Å². The molecular weight excluding hydrogens is 393 g/mol. The molecular formula is C18H9Cl5. The molecule has 5 heteroatoms. The number of rotatable bonds is 2. The molecule has 0 bridgehead atoms. The largest absolute Gasteiger partial charge is 0.0837 e. The van der Waals surface area contributed by atoms with Crippen molar-refractivity contribution in [2.24, 2.45) is 0 Å². The van der Waals surface area contributed by atoms with Gasteiger partial charge in [-0.3, -0.25) is 0 Å². The highest BCUT2D eigenvalue weighted by Crippen LogP contribution is 2.51. The quantitative estimate of drug-likeness (QED) is 0.299. The number of halogens is 5. The molecule has 0 unspecified atom stereocenters. The van der Waals surface area contributed by atoms with Crippen molar-refractivity contribution < 1.29 is 0 Å². The SMILES string of the molecule is Clc1ccccc1-c1c(Cl)c(Cl)c(Cl)c(Cl)c1-c1ccccc1. The molecule has 0 fully saturated rings. The first kappa shape index (κ1) is 17.0. The summed E-state index contributed by atoms with van der Waals surface area (Å²) in [5, 5.41) is 1.68. The molecule has 23 heavy (non-hydrogen) atoms. The zero-order chi connectivity index (χ0) is 16.6. The summed E-state index contributed by atoms with van der Waals surface area (Å²) in [7, 11) is 0. The van der Waals surface area contributed by atoms with Crippen LogP contribution in [0.4, 0.5) is 0 Å². The Morgan fingerprint density at radius 2 is 1.00 bits per heavy atom. The first-order valence-electron chi connectivity index (χ1n) is 6.68. The fourth-order valence-electron chi connectivity index (χ4n) is 2.42. The molecule has 0 nitrogen and oxygen atoms in total. The molecule has 0 saturated heterocycles. The minimum absolute atomic E-state index is 0.216. The van der Waals surface area contributed by atoms with Crippen molar-refractivity contribution >= 4 is 58.0 Å². The average Bonchev–Trinajstić information content (AvgIpc) is 2.58. The van der Waals surface area contributed by atoms with Crippen LogP contribution >= 0.6 is 58.0 Å². The Kier molecular flexibility index (Phi) is 5.10. The van der Waals surface area contributed by atoms with E-state index in [1.54, 1.807) is 6.07 Å². The molecule has 0 radical (unpaired) electrons. The van der Waals surface area contributed by atoms with Crippen LogP contribution < -0.4 is 0 Å². The van der Waals surface area contributed by atoms with E-state index >= 15 is 0 Å². The van der Waals surface area contributed by atoms with Gasteiger partial charge in [0.2, 0.25) is 0 Å². The van der Waals surface area contributed by atoms with E-state index in [0.29, 0.717) is 26.2 Å². The first-order valence-corrected chi connectivity index (χ1v) is 8.57. The van der Waals surface area contributed by atoms with Crippen molar-refractivity contribution in [3.05, 3.63) is 79.7 Å². The third kappa shape index (κ3) is 3.07. The Labute approximate surface area is 159 Å². The molecule has 0 atom stereocenters. The molecule has 0 aromatic heterocycles. The van der Waals surface area contributed by atoms with Gasteiger partial charge in [0.15, 0.2) is 0 Å². The molecule has 3 rings (SSSR count). The number of benzene rings is 3. The normalized spacial score (nSPS) is 10.8. The van der Waals surface area contributed by atoms with Crippen molar-refractivity contribution in [3.8, 4) is 22.3 Å². The Balaban J connectivity index is 2.46. The summed E-state index contributed by atoms with van der Waals surface area (Å²) in [4.78, 5) is 0. The van der Waals surface area contributed by atoms with E-state index in [2.05, 4.69) is 0 Å². The number of hydrogen-bond acceptors (Lipinski definition) is 0. The molecule has 3 aromatic carbocycles. The maximum absolute atomic E-state index is 6.50. The predicted octanol–water partition coefficient (Wildman–Crippen LogP) is 8.29. The van der Waals surface area contributed by atoms with Crippen LogP contribution in [0.5, 0.6) is 0 Å². The second-order valence-corrected chi connectivity index (χ2v) is 6.77. The molecule has 0 spiro atoms. The van der Waals surface area contributed by atoms with Crippen LogP contribution in [-0.4, -0.2) is 0 Å². The molecule has 0 aliphatic rings. The van der Waals surface area contributed by atoms with Crippen LogP contribution in [0.2, 0.25) is 25.1 Å². The van der Waals surface area contributed by atoms with E-state index in [1.165, 1.54) is 0 Å². The van der Waals surface area contributed by atoms with E-state index < -0.39 is 0 Å². The lowest BCUT2D eigenvalue weighted by atomic mass is 9.94. The molecule has 0 saturated carbocycles. The second-order valence-electron chi connectivity index (χ2n) is 4.85. The van der Waals surface area contributed by atoms with Crippen molar-refractivity contribution in [2.45, 2.75) is 0 Å². The summed E-state index contributed by atoms with van der Waals surface area (Å²) in [6.07, 6.45) is 0. The van der Waals surface area contributed by atoms with Gasteiger partial charge in [-0.25, -0.2) is 0 Å². The van der Waals surface area contributed by atoms with Crippen molar-refractivity contribution in [1.29, 1.82) is 0 Å². The van der Waals surface area contributed by atoms with Gasteiger partial charge < -0.3 is 0 Å². The predicted molar refractivity (Wildman–Crippen MR) is 102 cm³/mol. The summed E-state index contributed by atoms with van der Waals surface area (Å²) in [6, 6.07) is 17.0. The average molecular weight is 403 g/mol. The summed E-state index contributed by atoms with van der Waals surface area (Å²) >= 11 is 31.9. The van der Waals surface area contributed by atoms with Crippen molar-refractivity contribution in [2.75, 3.05) is 0 Å². The van der Waals surface area contributed by atoms with Gasteiger partial charge in [-0.2, -0.15) is 0 Å². The highest BCUT2D eigenvalue weighted by molar-refractivity contribution is 6.54. The first-order chi connectivity index (χ1) is 11.0. The van der Waals surface area contributed by atoms with Gasteiger partial charge in [0.05, 0.1) is 20.1 Å². The van der Waals surface area contributed by atoms with Crippen LogP contribution in [0.15, 0.2) is 54.6 Å². The summed E-state index contributed by atoms with van der Waals surface area (Å²) in [6.45, 7) is 0. The smallest absolute Gasteiger partial charge is 0.0800 e. The fraction of sp³-hybridized carbons (Fsp3) is 0. The van der Waals surface area contributed by atoms with Gasteiger partial charge in [-0.05, 0) is 11.6 Å². The van der Waals surface area contributed by atoms with Gasteiger partial charge in [0, 0.05) is 21.7 Å². The molecule has 0 N–H and O–H groups in total. The summed E-state index contributed by atoms with van der Waals surface area (Å²) in [5.74, 6) is 0. The monoisotopic (exact) mass is 400 g/mol. The minimum Gasteiger partial charge on any atom is -0.0837 e. The van der Waals surface area contributed by atoms with Crippen molar-refractivity contribution in [1.82, 2.24) is 0 Å². The van der Waals surface area contributed by atoms with E-state index in [4.69, 9.17) is 58.0 Å². The number of hydrogen-bond donors (Lipinski definition) is 0. The molecule has 0 aliphatic heterocycles. The van der Waals surface area contributed by atoms with E-state index in [9.17, 15) is 0 Å². The molecule has 0 amide bonds.